The van der Waals surface area contributed by atoms with Gasteiger partial charge in [-0.15, -0.1) is 0 Å². The van der Waals surface area contributed by atoms with E-state index >= 15 is 0 Å². The SMILES string of the molecule is CC(C)CCN(CCC(C)C)C(=O)c1ccc2nc(NCc3ccc(S(C)(=O)=O)cc3)n(CCCN3CCCCCC3)c2c1.[HH]. The first-order valence-electron chi connectivity index (χ1n) is 16.6. The van der Waals surface area contributed by atoms with Gasteiger partial charge in [0.1, 0.15) is 0 Å². The Bertz CT molecular complexity index is 1450. The van der Waals surface area contributed by atoms with Crippen molar-refractivity contribution in [2.45, 2.75) is 90.6 Å². The second kappa shape index (κ2) is 15.9. The zero-order valence-corrected chi connectivity index (χ0v) is 28.3. The number of hydrogen-bond donors (Lipinski definition) is 1. The fourth-order valence-electron chi connectivity index (χ4n) is 5.79. The molecule has 1 aliphatic heterocycles. The van der Waals surface area contributed by atoms with Crippen LogP contribution >= 0.6 is 0 Å². The van der Waals surface area contributed by atoms with Gasteiger partial charge in [-0.1, -0.05) is 52.7 Å². The quantitative estimate of drug-likeness (QED) is 0.194. The third-order valence-corrected chi connectivity index (χ3v) is 9.72. The topological polar surface area (TPSA) is 87.5 Å². The van der Waals surface area contributed by atoms with Crippen molar-refractivity contribution in [2.75, 3.05) is 44.3 Å². The Hall–Kier alpha value is -2.91. The number of rotatable bonds is 15. The number of nitrogens with one attached hydrogen (secondary N) is 1. The molecular weight excluding hydrogens is 570 g/mol. The van der Waals surface area contributed by atoms with E-state index in [0.717, 1.165) is 68.0 Å². The van der Waals surface area contributed by atoms with Gasteiger partial charge in [0, 0.05) is 39.4 Å². The summed E-state index contributed by atoms with van der Waals surface area (Å²) in [5, 5.41) is 3.51. The summed E-state index contributed by atoms with van der Waals surface area (Å²) in [5.41, 5.74) is 3.51. The van der Waals surface area contributed by atoms with Crippen LogP contribution in [0, 0.1) is 11.8 Å². The highest BCUT2D eigenvalue weighted by Crippen LogP contribution is 2.24. The third kappa shape index (κ3) is 9.80. The van der Waals surface area contributed by atoms with Gasteiger partial charge >= 0.3 is 0 Å². The molecule has 9 heteroatoms. The van der Waals surface area contributed by atoms with Crippen LogP contribution in [0.4, 0.5) is 5.95 Å². The van der Waals surface area contributed by atoms with Crippen molar-refractivity contribution >= 4 is 32.7 Å². The van der Waals surface area contributed by atoms with Crippen LogP contribution in [-0.4, -0.2) is 72.7 Å². The molecule has 0 atom stereocenters. The molecule has 44 heavy (non-hydrogen) atoms. The summed E-state index contributed by atoms with van der Waals surface area (Å²) in [6.45, 7) is 15.0. The molecule has 0 unspecified atom stereocenters. The highest BCUT2D eigenvalue weighted by atomic mass is 32.2. The molecule has 1 aromatic heterocycles. The molecule has 0 aliphatic carbocycles. The maximum absolute atomic E-state index is 13.8. The van der Waals surface area contributed by atoms with Crippen LogP contribution in [0.15, 0.2) is 47.4 Å². The Morgan fingerprint density at radius 2 is 1.57 bits per heavy atom. The summed E-state index contributed by atoms with van der Waals surface area (Å²) in [6, 6.07) is 12.9. The summed E-state index contributed by atoms with van der Waals surface area (Å²) in [6.07, 6.45) is 9.38. The number of anilines is 1. The van der Waals surface area contributed by atoms with Crippen molar-refractivity contribution in [3.05, 3.63) is 53.6 Å². The lowest BCUT2D eigenvalue weighted by atomic mass is 10.1. The number of benzene rings is 2. The van der Waals surface area contributed by atoms with Gasteiger partial charge in [0.15, 0.2) is 9.84 Å². The van der Waals surface area contributed by atoms with Gasteiger partial charge < -0.3 is 19.7 Å². The van der Waals surface area contributed by atoms with Crippen LogP contribution in [0.25, 0.3) is 11.0 Å². The van der Waals surface area contributed by atoms with E-state index in [1.165, 1.54) is 45.0 Å². The second-order valence-corrected chi connectivity index (χ2v) is 15.3. The van der Waals surface area contributed by atoms with Gasteiger partial charge in [0.25, 0.3) is 5.91 Å². The molecule has 0 bridgehead atoms. The van der Waals surface area contributed by atoms with Crippen molar-refractivity contribution in [3.63, 3.8) is 0 Å². The van der Waals surface area contributed by atoms with Crippen molar-refractivity contribution in [2.24, 2.45) is 11.8 Å². The predicted octanol–water partition coefficient (Wildman–Crippen LogP) is 7.10. The van der Waals surface area contributed by atoms with Crippen LogP contribution in [0.5, 0.6) is 0 Å². The lowest BCUT2D eigenvalue weighted by Gasteiger charge is -2.25. The number of likely N-dealkylation sites (tertiary alicyclic amines) is 1. The van der Waals surface area contributed by atoms with Crippen LogP contribution < -0.4 is 5.32 Å². The van der Waals surface area contributed by atoms with Gasteiger partial charge in [0.05, 0.1) is 15.9 Å². The van der Waals surface area contributed by atoms with E-state index < -0.39 is 9.84 Å². The van der Waals surface area contributed by atoms with Gasteiger partial charge in [0.2, 0.25) is 5.95 Å². The smallest absolute Gasteiger partial charge is 0.253 e. The number of hydrogen-bond acceptors (Lipinski definition) is 6. The molecule has 0 saturated carbocycles. The van der Waals surface area contributed by atoms with Gasteiger partial charge in [-0.3, -0.25) is 4.79 Å². The number of fused-ring (bicyclic) bond motifs is 1. The first kappa shape index (κ1) is 34.0. The van der Waals surface area contributed by atoms with E-state index in [9.17, 15) is 13.2 Å². The number of amides is 1. The Kier molecular flexibility index (Phi) is 12.3. The highest BCUT2D eigenvalue weighted by molar-refractivity contribution is 7.90. The zero-order chi connectivity index (χ0) is 31.7. The molecule has 1 fully saturated rings. The molecule has 8 nitrogen and oxygen atoms in total. The first-order valence-corrected chi connectivity index (χ1v) is 18.4. The molecule has 1 amide bonds. The summed E-state index contributed by atoms with van der Waals surface area (Å²) in [5.74, 6) is 1.93. The number of sulfone groups is 1. The maximum atomic E-state index is 13.8. The fraction of sp³-hybridized carbons (Fsp3) is 0.600. The first-order chi connectivity index (χ1) is 21.0. The minimum atomic E-state index is -3.24. The molecule has 2 heterocycles. The largest absolute Gasteiger partial charge is 0.352 e. The average Bonchev–Trinajstić information content (AvgIpc) is 3.12. The van der Waals surface area contributed by atoms with Crippen LogP contribution in [0.3, 0.4) is 0 Å². The Labute approximate surface area is 266 Å². The van der Waals surface area contributed by atoms with Crippen LogP contribution in [-0.2, 0) is 22.9 Å². The van der Waals surface area contributed by atoms with E-state index in [-0.39, 0.29) is 7.33 Å². The molecule has 1 aliphatic rings. The minimum Gasteiger partial charge on any atom is -0.352 e. The zero-order valence-electron chi connectivity index (χ0n) is 27.5. The van der Waals surface area contributed by atoms with Crippen LogP contribution in [0.1, 0.15) is 90.0 Å². The highest BCUT2D eigenvalue weighted by Gasteiger charge is 2.20. The molecular formula is C35H55N5O3S. The predicted molar refractivity (Wildman–Crippen MR) is 183 cm³/mol. The van der Waals surface area contributed by atoms with Gasteiger partial charge in [-0.25, -0.2) is 13.4 Å². The van der Waals surface area contributed by atoms with E-state index in [2.05, 4.69) is 42.5 Å². The van der Waals surface area contributed by atoms with Crippen LogP contribution in [0.2, 0.25) is 0 Å². The van der Waals surface area contributed by atoms with E-state index in [1.54, 1.807) is 12.1 Å². The summed E-state index contributed by atoms with van der Waals surface area (Å²) in [7, 11) is -3.24. The molecule has 3 aromatic rings. The van der Waals surface area contributed by atoms with Crippen molar-refractivity contribution in [3.8, 4) is 0 Å². The van der Waals surface area contributed by atoms with Crippen molar-refractivity contribution in [1.29, 1.82) is 0 Å². The average molecular weight is 626 g/mol. The minimum absolute atomic E-state index is 0. The lowest BCUT2D eigenvalue weighted by molar-refractivity contribution is 0.0741. The molecule has 0 radical (unpaired) electrons. The Morgan fingerprint density at radius 3 is 2.16 bits per heavy atom. The summed E-state index contributed by atoms with van der Waals surface area (Å²) in [4.78, 5) is 23.7. The van der Waals surface area contributed by atoms with E-state index in [0.29, 0.717) is 28.8 Å². The monoisotopic (exact) mass is 625 g/mol. The molecule has 0 spiro atoms. The molecule has 2 aromatic carbocycles. The molecule has 1 saturated heterocycles. The summed E-state index contributed by atoms with van der Waals surface area (Å²) >= 11 is 0. The van der Waals surface area contributed by atoms with Gasteiger partial charge in [-0.2, -0.15) is 0 Å². The van der Waals surface area contributed by atoms with Gasteiger partial charge in [-0.05, 0) is 99.5 Å². The number of imidazole rings is 1. The van der Waals surface area contributed by atoms with Crippen molar-refractivity contribution in [1.82, 2.24) is 19.4 Å². The number of nitrogens with zero attached hydrogens (tertiary/aromatic N) is 4. The molecule has 1 N–H and O–H groups in total. The lowest BCUT2D eigenvalue weighted by Crippen LogP contribution is -2.34. The fourth-order valence-corrected chi connectivity index (χ4v) is 6.42. The van der Waals surface area contributed by atoms with E-state index in [1.807, 2.05) is 35.2 Å². The third-order valence-electron chi connectivity index (χ3n) is 8.59. The Balaban J connectivity index is 0.00000552. The van der Waals surface area contributed by atoms with E-state index in [4.69, 9.17) is 4.98 Å². The standard InChI is InChI=1S/C35H53N5O3S.H2/c1-27(2)17-23-39(24-18-28(3)4)34(41)30-13-16-32-33(25-30)40(22-10-21-38-19-8-6-7-9-20-38)35(37-32)36-26-29-11-14-31(15-12-29)44(5,42)43;/h11-16,25,27-28H,6-10,17-24,26H2,1-5H3,(H,36,37);1H. The summed E-state index contributed by atoms with van der Waals surface area (Å²) < 4.78 is 26.0. The van der Waals surface area contributed by atoms with Crippen molar-refractivity contribution < 1.29 is 14.6 Å². The Morgan fingerprint density at radius 1 is 0.932 bits per heavy atom. The molecule has 4 rings (SSSR count). The normalized spacial score (nSPS) is 14.8. The number of aryl methyl sites for hydroxylation is 1. The molecule has 244 valence electrons. The number of carbonyl (C=O) groups excluding carboxylic acids is 1. The number of aromatic nitrogens is 2. The second-order valence-electron chi connectivity index (χ2n) is 13.3. The maximum Gasteiger partial charge on any atom is 0.253 e. The number of carbonyl (C=O) groups is 1.